The maximum absolute atomic E-state index is 12.1. The molecule has 0 bridgehead atoms. The fraction of sp³-hybridized carbons (Fsp3) is 0.235. The Morgan fingerprint density at radius 2 is 2.08 bits per heavy atom. The van der Waals surface area contributed by atoms with Crippen LogP contribution in [0.2, 0.25) is 0 Å². The number of hydrogen-bond acceptors (Lipinski definition) is 6. The summed E-state index contributed by atoms with van der Waals surface area (Å²) in [6.07, 6.45) is 1.53. The average Bonchev–Trinajstić information content (AvgIpc) is 3.29. The Labute approximate surface area is 143 Å². The number of furan rings is 1. The van der Waals surface area contributed by atoms with Gasteiger partial charge in [0.2, 0.25) is 5.91 Å². The van der Waals surface area contributed by atoms with E-state index in [2.05, 4.69) is 15.5 Å². The summed E-state index contributed by atoms with van der Waals surface area (Å²) < 4.78 is 10.3. The molecule has 3 aromatic rings. The number of rotatable bonds is 7. The molecule has 1 atom stereocenters. The molecule has 0 saturated carbocycles. The van der Waals surface area contributed by atoms with E-state index in [1.54, 1.807) is 23.9 Å². The van der Waals surface area contributed by atoms with Gasteiger partial charge >= 0.3 is 0 Å². The summed E-state index contributed by atoms with van der Waals surface area (Å²) in [5, 5.41) is 6.48. The summed E-state index contributed by atoms with van der Waals surface area (Å²) in [5.41, 5.74) is 1.20. The van der Waals surface area contributed by atoms with Crippen molar-refractivity contribution in [1.29, 1.82) is 0 Å². The van der Waals surface area contributed by atoms with Crippen LogP contribution in [0.1, 0.15) is 18.3 Å². The second-order valence-corrected chi connectivity index (χ2v) is 6.48. The van der Waals surface area contributed by atoms with Crippen LogP contribution in [0, 0.1) is 0 Å². The Bertz CT molecular complexity index is 772. The first-order chi connectivity index (χ1) is 11.7. The van der Waals surface area contributed by atoms with E-state index in [0.29, 0.717) is 17.5 Å². The van der Waals surface area contributed by atoms with Gasteiger partial charge in [0.25, 0.3) is 5.89 Å². The third-order valence-electron chi connectivity index (χ3n) is 3.33. The number of thioether (sulfide) groups is 1. The Morgan fingerprint density at radius 1 is 1.25 bits per heavy atom. The molecule has 1 aromatic carbocycles. The van der Waals surface area contributed by atoms with E-state index in [1.165, 1.54) is 11.8 Å². The van der Waals surface area contributed by atoms with Crippen LogP contribution in [0.4, 0.5) is 0 Å². The molecule has 124 valence electrons. The summed E-state index contributed by atoms with van der Waals surface area (Å²) in [6, 6.07) is 13.5. The Hall–Kier alpha value is -2.54. The number of nitrogens with zero attached hydrogens (tertiary/aromatic N) is 2. The molecule has 1 amide bonds. The maximum Gasteiger partial charge on any atom is 0.293 e. The van der Waals surface area contributed by atoms with Gasteiger partial charge in [0.15, 0.2) is 11.6 Å². The molecular weight excluding hydrogens is 326 g/mol. The summed E-state index contributed by atoms with van der Waals surface area (Å²) in [4.78, 5) is 16.3. The van der Waals surface area contributed by atoms with E-state index in [0.717, 1.165) is 5.75 Å². The zero-order chi connectivity index (χ0) is 16.8. The van der Waals surface area contributed by atoms with Crippen molar-refractivity contribution in [2.24, 2.45) is 0 Å². The highest BCUT2D eigenvalue weighted by atomic mass is 32.2. The van der Waals surface area contributed by atoms with Gasteiger partial charge in [0.1, 0.15) is 0 Å². The van der Waals surface area contributed by atoms with Crippen molar-refractivity contribution < 1.29 is 13.7 Å². The van der Waals surface area contributed by atoms with Crippen LogP contribution in [0.3, 0.4) is 0 Å². The molecule has 3 rings (SSSR count). The molecule has 0 spiro atoms. The quantitative estimate of drug-likeness (QED) is 0.709. The van der Waals surface area contributed by atoms with Crippen LogP contribution in [0.25, 0.3) is 11.7 Å². The monoisotopic (exact) mass is 343 g/mol. The van der Waals surface area contributed by atoms with Crippen molar-refractivity contribution in [2.75, 3.05) is 0 Å². The van der Waals surface area contributed by atoms with Crippen molar-refractivity contribution in [3.05, 3.63) is 60.1 Å². The first kappa shape index (κ1) is 16.3. The van der Waals surface area contributed by atoms with Crippen LogP contribution in [-0.2, 0) is 17.1 Å². The van der Waals surface area contributed by atoms with Gasteiger partial charge in [0, 0.05) is 5.75 Å². The predicted octanol–water partition coefficient (Wildman–Crippen LogP) is 3.27. The second kappa shape index (κ2) is 7.83. The van der Waals surface area contributed by atoms with Crippen LogP contribution in [0.15, 0.2) is 57.7 Å². The number of carbonyl (C=O) groups excluding carboxylic acids is 1. The lowest BCUT2D eigenvalue weighted by atomic mass is 10.2. The molecule has 24 heavy (non-hydrogen) atoms. The smallest absolute Gasteiger partial charge is 0.293 e. The van der Waals surface area contributed by atoms with Crippen molar-refractivity contribution in [3.8, 4) is 11.7 Å². The van der Waals surface area contributed by atoms with Crippen molar-refractivity contribution in [1.82, 2.24) is 15.5 Å². The molecule has 0 aliphatic rings. The number of amides is 1. The van der Waals surface area contributed by atoms with Crippen molar-refractivity contribution >= 4 is 17.7 Å². The largest absolute Gasteiger partial charge is 0.459 e. The van der Waals surface area contributed by atoms with Crippen molar-refractivity contribution in [2.45, 2.75) is 24.5 Å². The average molecular weight is 343 g/mol. The molecule has 0 unspecified atom stereocenters. The molecule has 1 N–H and O–H groups in total. The summed E-state index contributed by atoms with van der Waals surface area (Å²) in [7, 11) is 0. The zero-order valence-corrected chi connectivity index (χ0v) is 14.0. The Morgan fingerprint density at radius 3 is 2.83 bits per heavy atom. The van der Waals surface area contributed by atoms with E-state index in [9.17, 15) is 4.79 Å². The second-order valence-electron chi connectivity index (χ2n) is 5.15. The minimum absolute atomic E-state index is 0.0553. The molecule has 2 heterocycles. The van der Waals surface area contributed by atoms with Crippen LogP contribution < -0.4 is 5.32 Å². The lowest BCUT2D eigenvalue weighted by Gasteiger charge is -2.10. The molecule has 0 radical (unpaired) electrons. The lowest BCUT2D eigenvalue weighted by molar-refractivity contribution is -0.120. The summed E-state index contributed by atoms with van der Waals surface area (Å²) >= 11 is 1.58. The predicted molar refractivity (Wildman–Crippen MR) is 91.0 cm³/mol. The van der Waals surface area contributed by atoms with Crippen LogP contribution in [0.5, 0.6) is 0 Å². The number of benzene rings is 1. The highest BCUT2D eigenvalue weighted by molar-refractivity contribution is 7.99. The SMILES string of the molecule is C[C@@H](SCc1ccccc1)C(=O)NCc1noc(-c2ccco2)n1. The number of hydrogen-bond donors (Lipinski definition) is 1. The normalized spacial score (nSPS) is 12.0. The fourth-order valence-electron chi connectivity index (χ4n) is 2.01. The van der Waals surface area contributed by atoms with E-state index in [1.807, 2.05) is 37.3 Å². The van der Waals surface area contributed by atoms with Crippen LogP contribution in [-0.4, -0.2) is 21.3 Å². The highest BCUT2D eigenvalue weighted by Crippen LogP contribution is 2.18. The molecule has 0 aliphatic heterocycles. The lowest BCUT2D eigenvalue weighted by Crippen LogP contribution is -2.30. The first-order valence-electron chi connectivity index (χ1n) is 7.52. The van der Waals surface area contributed by atoms with Gasteiger partial charge in [-0.05, 0) is 24.6 Å². The minimum atomic E-state index is -0.165. The number of nitrogens with one attached hydrogen (secondary N) is 1. The van der Waals surface area contributed by atoms with Gasteiger partial charge in [-0.15, -0.1) is 11.8 Å². The Balaban J connectivity index is 1.46. The molecule has 2 aromatic heterocycles. The van der Waals surface area contributed by atoms with Gasteiger partial charge in [-0.3, -0.25) is 4.79 Å². The molecule has 6 nitrogen and oxygen atoms in total. The van der Waals surface area contributed by atoms with Gasteiger partial charge in [0.05, 0.1) is 18.1 Å². The van der Waals surface area contributed by atoms with Crippen molar-refractivity contribution in [3.63, 3.8) is 0 Å². The standard InChI is InChI=1S/C17H17N3O3S/c1-12(24-11-13-6-3-2-4-7-13)16(21)18-10-15-19-17(23-20-15)14-8-5-9-22-14/h2-9,12H,10-11H2,1H3,(H,18,21)/t12-/m1/s1. The first-order valence-corrected chi connectivity index (χ1v) is 8.57. The molecule has 7 heteroatoms. The van der Waals surface area contributed by atoms with E-state index in [-0.39, 0.29) is 17.7 Å². The third-order valence-corrected chi connectivity index (χ3v) is 4.55. The maximum atomic E-state index is 12.1. The fourth-order valence-corrected chi connectivity index (χ4v) is 2.88. The molecule has 0 aliphatic carbocycles. The van der Waals surface area contributed by atoms with Crippen LogP contribution >= 0.6 is 11.8 Å². The van der Waals surface area contributed by atoms with Gasteiger partial charge < -0.3 is 14.3 Å². The van der Waals surface area contributed by atoms with Gasteiger partial charge in [-0.1, -0.05) is 35.5 Å². The number of carbonyl (C=O) groups is 1. The zero-order valence-electron chi connectivity index (χ0n) is 13.1. The van der Waals surface area contributed by atoms with Gasteiger partial charge in [-0.2, -0.15) is 4.98 Å². The van der Waals surface area contributed by atoms with E-state index >= 15 is 0 Å². The summed E-state index contributed by atoms with van der Waals surface area (Å²) in [6.45, 7) is 2.10. The van der Waals surface area contributed by atoms with Gasteiger partial charge in [-0.25, -0.2) is 0 Å². The highest BCUT2D eigenvalue weighted by Gasteiger charge is 2.15. The molecule has 0 fully saturated rings. The molecular formula is C17H17N3O3S. The topological polar surface area (TPSA) is 81.2 Å². The van der Waals surface area contributed by atoms with E-state index in [4.69, 9.17) is 8.94 Å². The number of aromatic nitrogens is 2. The Kier molecular flexibility index (Phi) is 5.32. The summed E-state index contributed by atoms with van der Waals surface area (Å²) in [5.74, 6) is 1.96. The third kappa shape index (κ3) is 4.26. The molecule has 0 saturated heterocycles. The van der Waals surface area contributed by atoms with E-state index < -0.39 is 0 Å². The minimum Gasteiger partial charge on any atom is -0.459 e.